The van der Waals surface area contributed by atoms with Crippen molar-refractivity contribution in [3.63, 3.8) is 0 Å². The van der Waals surface area contributed by atoms with Crippen LogP contribution in [-0.2, 0) is 5.41 Å². The van der Waals surface area contributed by atoms with Crippen LogP contribution in [0, 0.1) is 0 Å². The predicted molar refractivity (Wildman–Crippen MR) is 233 cm³/mol. The fourth-order valence-electron chi connectivity index (χ4n) is 10.4. The summed E-state index contributed by atoms with van der Waals surface area (Å²) in [6, 6.07) is 72.2. The van der Waals surface area contributed by atoms with E-state index in [2.05, 4.69) is 194 Å². The van der Waals surface area contributed by atoms with Crippen molar-refractivity contribution >= 4 is 54.3 Å². The zero-order chi connectivity index (χ0) is 36.5. The Morgan fingerprint density at radius 2 is 0.804 bits per heavy atom. The first kappa shape index (κ1) is 30.1. The van der Waals surface area contributed by atoms with Gasteiger partial charge in [-0.05, 0) is 142 Å². The van der Waals surface area contributed by atoms with E-state index in [4.69, 9.17) is 4.42 Å². The van der Waals surface area contributed by atoms with Crippen molar-refractivity contribution in [2.24, 2.45) is 0 Å². The fourth-order valence-corrected chi connectivity index (χ4v) is 10.4. The zero-order valence-corrected chi connectivity index (χ0v) is 30.4. The molecular formula is C55H32O. The topological polar surface area (TPSA) is 13.1 Å². The van der Waals surface area contributed by atoms with Crippen LogP contribution in [0.2, 0.25) is 0 Å². The molecular weight excluding hydrogens is 677 g/mol. The first-order valence-electron chi connectivity index (χ1n) is 19.5. The summed E-state index contributed by atoms with van der Waals surface area (Å²) < 4.78 is 6.32. The van der Waals surface area contributed by atoms with Gasteiger partial charge in [0.1, 0.15) is 11.2 Å². The second-order valence-corrected chi connectivity index (χ2v) is 15.6. The van der Waals surface area contributed by atoms with Crippen LogP contribution in [-0.4, -0.2) is 0 Å². The average molecular weight is 709 g/mol. The summed E-state index contributed by atoms with van der Waals surface area (Å²) in [4.78, 5) is 0. The molecule has 56 heavy (non-hydrogen) atoms. The lowest BCUT2D eigenvalue weighted by Crippen LogP contribution is -2.25. The molecule has 1 heteroatoms. The lowest BCUT2D eigenvalue weighted by molar-refractivity contribution is 0.669. The number of hydrogen-bond acceptors (Lipinski definition) is 1. The Kier molecular flexibility index (Phi) is 5.89. The van der Waals surface area contributed by atoms with Crippen molar-refractivity contribution in [1.29, 1.82) is 0 Å². The van der Waals surface area contributed by atoms with Gasteiger partial charge < -0.3 is 4.42 Å². The molecule has 1 spiro atoms. The summed E-state index contributed by atoms with van der Waals surface area (Å²) in [7, 11) is 0. The molecule has 0 saturated heterocycles. The van der Waals surface area contributed by atoms with Gasteiger partial charge in [0.05, 0.1) is 5.41 Å². The van der Waals surface area contributed by atoms with Gasteiger partial charge in [-0.15, -0.1) is 0 Å². The Hall–Kier alpha value is -7.22. The van der Waals surface area contributed by atoms with E-state index in [1.54, 1.807) is 0 Å². The van der Waals surface area contributed by atoms with Crippen molar-refractivity contribution < 1.29 is 4.42 Å². The molecule has 0 saturated carbocycles. The normalized spacial score (nSPS) is 13.5. The molecule has 13 rings (SSSR count). The molecule has 1 heterocycles. The summed E-state index contributed by atoms with van der Waals surface area (Å²) in [5.74, 6) is 0. The Labute approximate surface area is 323 Å². The summed E-state index contributed by atoms with van der Waals surface area (Å²) >= 11 is 0. The van der Waals surface area contributed by atoms with Gasteiger partial charge >= 0.3 is 0 Å². The minimum absolute atomic E-state index is 0.391. The van der Waals surface area contributed by atoms with Gasteiger partial charge in [0.15, 0.2) is 0 Å². The van der Waals surface area contributed by atoms with Gasteiger partial charge in [-0.25, -0.2) is 0 Å². The number of fused-ring (bicyclic) bond motifs is 17. The third kappa shape index (κ3) is 3.89. The molecule has 11 aromatic rings. The first-order valence-corrected chi connectivity index (χ1v) is 19.5. The van der Waals surface area contributed by atoms with Crippen LogP contribution < -0.4 is 0 Å². The Bertz CT molecular complexity index is 3440. The fraction of sp³-hybridized carbons (Fsp3) is 0.0182. The maximum absolute atomic E-state index is 6.32. The highest BCUT2D eigenvalue weighted by Gasteiger charge is 2.52. The maximum Gasteiger partial charge on any atom is 0.136 e. The first-order chi connectivity index (χ1) is 27.7. The van der Waals surface area contributed by atoms with Crippen LogP contribution in [0.1, 0.15) is 22.3 Å². The van der Waals surface area contributed by atoms with Gasteiger partial charge in [0.2, 0.25) is 0 Å². The molecule has 0 radical (unpaired) electrons. The second kappa shape index (κ2) is 10.9. The van der Waals surface area contributed by atoms with Crippen molar-refractivity contribution in [3.05, 3.63) is 216 Å². The van der Waals surface area contributed by atoms with Gasteiger partial charge in [0, 0.05) is 10.8 Å². The van der Waals surface area contributed by atoms with Gasteiger partial charge in [-0.1, -0.05) is 152 Å². The summed E-state index contributed by atoms with van der Waals surface area (Å²) in [6.07, 6.45) is 0. The molecule has 2 aliphatic carbocycles. The summed E-state index contributed by atoms with van der Waals surface area (Å²) in [6.45, 7) is 0. The highest BCUT2D eigenvalue weighted by atomic mass is 16.3. The maximum atomic E-state index is 6.32. The zero-order valence-electron chi connectivity index (χ0n) is 30.4. The molecule has 0 atom stereocenters. The Morgan fingerprint density at radius 3 is 1.55 bits per heavy atom. The van der Waals surface area contributed by atoms with E-state index in [0.29, 0.717) is 0 Å². The van der Waals surface area contributed by atoms with Crippen LogP contribution in [0.15, 0.2) is 199 Å². The third-order valence-electron chi connectivity index (χ3n) is 12.8. The van der Waals surface area contributed by atoms with E-state index in [1.165, 1.54) is 99.1 Å². The van der Waals surface area contributed by atoms with Crippen LogP contribution in [0.4, 0.5) is 0 Å². The van der Waals surface area contributed by atoms with Crippen LogP contribution >= 0.6 is 0 Å². The average Bonchev–Trinajstić information content (AvgIpc) is 3.88. The van der Waals surface area contributed by atoms with Gasteiger partial charge in [0.25, 0.3) is 0 Å². The molecule has 0 unspecified atom stereocenters. The summed E-state index contributed by atoms with van der Waals surface area (Å²) in [5, 5.41) is 9.76. The van der Waals surface area contributed by atoms with E-state index in [1.807, 2.05) is 0 Å². The summed E-state index contributed by atoms with van der Waals surface area (Å²) in [5.41, 5.74) is 17.2. The number of furan rings is 1. The lowest BCUT2D eigenvalue weighted by Gasteiger charge is -2.31. The minimum Gasteiger partial charge on any atom is -0.456 e. The van der Waals surface area contributed by atoms with Crippen LogP contribution in [0.5, 0.6) is 0 Å². The van der Waals surface area contributed by atoms with E-state index in [9.17, 15) is 0 Å². The highest BCUT2D eigenvalue weighted by molar-refractivity contribution is 6.13. The molecule has 1 nitrogen and oxygen atoms in total. The Morgan fingerprint density at radius 1 is 0.286 bits per heavy atom. The molecule has 10 aromatic carbocycles. The van der Waals surface area contributed by atoms with Gasteiger partial charge in [-0.2, -0.15) is 0 Å². The molecule has 1 aromatic heterocycles. The Balaban J connectivity index is 0.988. The standard InChI is InChI=1S/C55H32O/c1-2-12-34-31-53-47(29-33(34)11-1)46-30-38(25-26-52(46)56-53)36-21-22-37-28-39(24-23-35(37)27-36)45-32-51-54(43-16-4-3-13-40(43)45)44-17-7-10-20-50(44)55(51)48-18-8-5-14-41(48)42-15-6-9-19-49(42)55/h1-32H. The minimum atomic E-state index is -0.391. The van der Waals surface area contributed by atoms with Crippen molar-refractivity contribution in [3.8, 4) is 44.5 Å². The number of rotatable bonds is 2. The van der Waals surface area contributed by atoms with Crippen molar-refractivity contribution in [2.75, 3.05) is 0 Å². The number of hydrogen-bond donors (Lipinski definition) is 0. The van der Waals surface area contributed by atoms with E-state index in [0.717, 1.165) is 21.9 Å². The number of benzene rings is 10. The largest absolute Gasteiger partial charge is 0.456 e. The highest BCUT2D eigenvalue weighted by Crippen LogP contribution is 2.64. The van der Waals surface area contributed by atoms with Crippen LogP contribution in [0.25, 0.3) is 98.8 Å². The predicted octanol–water partition coefficient (Wildman–Crippen LogP) is 14.7. The lowest BCUT2D eigenvalue weighted by atomic mass is 9.70. The smallest absolute Gasteiger partial charge is 0.136 e. The molecule has 2 aliphatic rings. The van der Waals surface area contributed by atoms with E-state index < -0.39 is 5.41 Å². The van der Waals surface area contributed by atoms with E-state index >= 15 is 0 Å². The third-order valence-corrected chi connectivity index (χ3v) is 12.8. The molecule has 258 valence electrons. The quantitative estimate of drug-likeness (QED) is 0.174. The molecule has 0 amide bonds. The van der Waals surface area contributed by atoms with Gasteiger partial charge in [-0.3, -0.25) is 0 Å². The SMILES string of the molecule is c1ccc2c(c1)-c1ccccc1C21c2ccccc2-c2c1cc(-c1ccc3cc(-c4ccc5oc6cc7ccccc7cc6c5c4)ccc3c1)c1ccccc21. The molecule has 0 fully saturated rings. The molecule has 0 aliphatic heterocycles. The van der Waals surface area contributed by atoms with E-state index in [-0.39, 0.29) is 0 Å². The molecule has 0 N–H and O–H groups in total. The molecule has 0 bridgehead atoms. The van der Waals surface area contributed by atoms with Crippen molar-refractivity contribution in [2.45, 2.75) is 5.41 Å². The monoisotopic (exact) mass is 708 g/mol. The van der Waals surface area contributed by atoms with Crippen molar-refractivity contribution in [1.82, 2.24) is 0 Å². The van der Waals surface area contributed by atoms with Crippen LogP contribution in [0.3, 0.4) is 0 Å². The second-order valence-electron chi connectivity index (χ2n) is 15.6.